The fourth-order valence-corrected chi connectivity index (χ4v) is 2.74. The standard InChI is InChI=1S/C15H20Cl2N2O3.ClH/c1-21-12-7-14(19-8-12)15(20)18-4-5-22-9-10-2-3-11(16)6-13(10)17;/h2-3,6,12,14,19H,4-5,7-9H2,1H3,(H,18,20);1H/t12-,14+;/m0./s1. The van der Waals surface area contributed by atoms with Gasteiger partial charge in [-0.3, -0.25) is 4.79 Å². The second-order valence-electron chi connectivity index (χ2n) is 5.13. The quantitative estimate of drug-likeness (QED) is 0.710. The molecular weight excluding hydrogens is 363 g/mol. The maximum atomic E-state index is 11.9. The zero-order valence-corrected chi connectivity index (χ0v) is 15.1. The highest BCUT2D eigenvalue weighted by Gasteiger charge is 2.28. The van der Waals surface area contributed by atoms with Crippen LogP contribution < -0.4 is 10.6 Å². The molecule has 5 nitrogen and oxygen atoms in total. The maximum absolute atomic E-state index is 11.9. The number of halogens is 3. The lowest BCUT2D eigenvalue weighted by Gasteiger charge is -2.12. The van der Waals surface area contributed by atoms with Gasteiger partial charge < -0.3 is 20.1 Å². The van der Waals surface area contributed by atoms with E-state index in [4.69, 9.17) is 32.7 Å². The Morgan fingerprint density at radius 3 is 2.87 bits per heavy atom. The van der Waals surface area contributed by atoms with Crippen LogP contribution >= 0.6 is 35.6 Å². The number of amides is 1. The van der Waals surface area contributed by atoms with Crippen LogP contribution in [0.1, 0.15) is 12.0 Å². The van der Waals surface area contributed by atoms with Crippen LogP contribution in [0.4, 0.5) is 0 Å². The summed E-state index contributed by atoms with van der Waals surface area (Å²) in [5, 5.41) is 7.15. The average Bonchev–Trinajstić information content (AvgIpc) is 2.97. The molecule has 1 amide bonds. The predicted molar refractivity (Wildman–Crippen MR) is 93.6 cm³/mol. The molecule has 0 aliphatic carbocycles. The molecule has 2 rings (SSSR count). The Bertz CT molecular complexity index is 517. The molecule has 130 valence electrons. The van der Waals surface area contributed by atoms with Gasteiger partial charge in [-0.25, -0.2) is 0 Å². The minimum absolute atomic E-state index is 0. The Morgan fingerprint density at radius 2 is 2.22 bits per heavy atom. The van der Waals surface area contributed by atoms with Gasteiger partial charge in [-0.2, -0.15) is 0 Å². The van der Waals surface area contributed by atoms with E-state index in [1.165, 1.54) is 0 Å². The number of benzene rings is 1. The van der Waals surface area contributed by atoms with E-state index in [-0.39, 0.29) is 30.5 Å². The number of carbonyl (C=O) groups is 1. The van der Waals surface area contributed by atoms with E-state index in [1.54, 1.807) is 19.2 Å². The first-order valence-corrected chi connectivity index (χ1v) is 7.91. The average molecular weight is 384 g/mol. The minimum Gasteiger partial charge on any atom is -0.380 e. The molecule has 1 aromatic rings. The highest BCUT2D eigenvalue weighted by molar-refractivity contribution is 6.35. The topological polar surface area (TPSA) is 59.6 Å². The van der Waals surface area contributed by atoms with Crippen LogP contribution in [-0.4, -0.2) is 44.9 Å². The lowest BCUT2D eigenvalue weighted by molar-refractivity contribution is -0.123. The van der Waals surface area contributed by atoms with Crippen LogP contribution in [0.2, 0.25) is 10.0 Å². The maximum Gasteiger partial charge on any atom is 0.237 e. The smallest absolute Gasteiger partial charge is 0.237 e. The van der Waals surface area contributed by atoms with Gasteiger partial charge in [-0.05, 0) is 24.1 Å². The second-order valence-corrected chi connectivity index (χ2v) is 5.98. The largest absolute Gasteiger partial charge is 0.380 e. The van der Waals surface area contributed by atoms with Gasteiger partial charge in [0.1, 0.15) is 0 Å². The molecule has 23 heavy (non-hydrogen) atoms. The van der Waals surface area contributed by atoms with Crippen LogP contribution in [-0.2, 0) is 20.9 Å². The Morgan fingerprint density at radius 1 is 1.43 bits per heavy atom. The van der Waals surface area contributed by atoms with Gasteiger partial charge in [0.15, 0.2) is 0 Å². The summed E-state index contributed by atoms with van der Waals surface area (Å²) in [6.45, 7) is 1.98. The molecule has 0 spiro atoms. The Labute approximate surface area is 152 Å². The highest BCUT2D eigenvalue weighted by atomic mass is 35.5. The molecule has 1 fully saturated rings. The van der Waals surface area contributed by atoms with E-state index >= 15 is 0 Å². The Kier molecular flexibility index (Phi) is 9.20. The van der Waals surface area contributed by atoms with Crippen molar-refractivity contribution < 1.29 is 14.3 Å². The van der Waals surface area contributed by atoms with E-state index in [0.29, 0.717) is 42.8 Å². The minimum atomic E-state index is -0.185. The number of carbonyl (C=O) groups excluding carboxylic acids is 1. The van der Waals surface area contributed by atoms with Gasteiger partial charge in [0.25, 0.3) is 0 Å². The molecule has 0 saturated carbocycles. The van der Waals surface area contributed by atoms with Crippen molar-refractivity contribution in [2.45, 2.75) is 25.2 Å². The van der Waals surface area contributed by atoms with Crippen molar-refractivity contribution in [1.82, 2.24) is 10.6 Å². The predicted octanol–water partition coefficient (Wildman–Crippen LogP) is 2.42. The van der Waals surface area contributed by atoms with Crippen molar-refractivity contribution in [2.75, 3.05) is 26.8 Å². The van der Waals surface area contributed by atoms with Gasteiger partial charge in [-0.1, -0.05) is 29.3 Å². The van der Waals surface area contributed by atoms with Crippen molar-refractivity contribution in [2.24, 2.45) is 0 Å². The number of hydrogen-bond acceptors (Lipinski definition) is 4. The summed E-state index contributed by atoms with van der Waals surface area (Å²) < 4.78 is 10.7. The molecule has 1 aliphatic rings. The summed E-state index contributed by atoms with van der Waals surface area (Å²) in [7, 11) is 1.66. The van der Waals surface area contributed by atoms with E-state index in [9.17, 15) is 4.79 Å². The number of methoxy groups -OCH3 is 1. The van der Waals surface area contributed by atoms with E-state index in [0.717, 1.165) is 5.56 Å². The van der Waals surface area contributed by atoms with E-state index in [2.05, 4.69) is 10.6 Å². The first-order valence-electron chi connectivity index (χ1n) is 7.15. The molecule has 1 saturated heterocycles. The third-order valence-corrected chi connectivity index (χ3v) is 4.15. The van der Waals surface area contributed by atoms with Gasteiger partial charge in [0.2, 0.25) is 5.91 Å². The van der Waals surface area contributed by atoms with Crippen LogP contribution in [0.25, 0.3) is 0 Å². The van der Waals surface area contributed by atoms with E-state index < -0.39 is 0 Å². The number of nitrogens with one attached hydrogen (secondary N) is 2. The van der Waals surface area contributed by atoms with Crippen molar-refractivity contribution in [3.05, 3.63) is 33.8 Å². The van der Waals surface area contributed by atoms with Gasteiger partial charge in [0, 0.05) is 30.2 Å². The summed E-state index contributed by atoms with van der Waals surface area (Å²) in [6.07, 6.45) is 0.808. The first-order chi connectivity index (χ1) is 10.6. The normalized spacial score (nSPS) is 20.1. The number of ether oxygens (including phenoxy) is 2. The molecular formula is C15H21Cl3N2O3. The van der Waals surface area contributed by atoms with Crippen molar-refractivity contribution >= 4 is 41.5 Å². The summed E-state index contributed by atoms with van der Waals surface area (Å²) in [5.41, 5.74) is 0.873. The molecule has 8 heteroatoms. The molecule has 1 heterocycles. The van der Waals surface area contributed by atoms with Crippen LogP contribution in [0.5, 0.6) is 0 Å². The molecule has 1 aromatic carbocycles. The SMILES string of the molecule is CO[C@@H]1CN[C@@H](C(=O)NCCOCc2ccc(Cl)cc2Cl)C1.Cl. The third-order valence-electron chi connectivity index (χ3n) is 3.56. The fourth-order valence-electron chi connectivity index (χ4n) is 2.27. The third kappa shape index (κ3) is 6.45. The summed E-state index contributed by atoms with van der Waals surface area (Å²) >= 11 is 11.9. The van der Waals surface area contributed by atoms with Crippen LogP contribution in [0.3, 0.4) is 0 Å². The molecule has 2 N–H and O–H groups in total. The molecule has 0 unspecified atom stereocenters. The molecule has 0 aromatic heterocycles. The second kappa shape index (κ2) is 10.3. The monoisotopic (exact) mass is 382 g/mol. The van der Waals surface area contributed by atoms with Crippen molar-refractivity contribution in [1.29, 1.82) is 0 Å². The first kappa shape index (κ1) is 20.5. The summed E-state index contributed by atoms with van der Waals surface area (Å²) in [6, 6.07) is 5.10. The number of hydrogen-bond donors (Lipinski definition) is 2. The number of rotatable bonds is 7. The molecule has 0 bridgehead atoms. The fraction of sp³-hybridized carbons (Fsp3) is 0.533. The lowest BCUT2D eigenvalue weighted by atomic mass is 10.2. The molecule has 0 radical (unpaired) electrons. The van der Waals surface area contributed by atoms with Gasteiger partial charge in [-0.15, -0.1) is 12.4 Å². The Balaban J connectivity index is 0.00000264. The van der Waals surface area contributed by atoms with Gasteiger partial charge >= 0.3 is 0 Å². The zero-order chi connectivity index (χ0) is 15.9. The van der Waals surface area contributed by atoms with Crippen LogP contribution in [0.15, 0.2) is 18.2 Å². The van der Waals surface area contributed by atoms with E-state index in [1.807, 2.05) is 6.07 Å². The Hall–Kier alpha value is -0.560. The van der Waals surface area contributed by atoms with Crippen molar-refractivity contribution in [3.63, 3.8) is 0 Å². The van der Waals surface area contributed by atoms with Crippen molar-refractivity contribution in [3.8, 4) is 0 Å². The van der Waals surface area contributed by atoms with Gasteiger partial charge in [0.05, 0.1) is 25.4 Å². The summed E-state index contributed by atoms with van der Waals surface area (Å²) in [5.74, 6) is -0.0207. The molecule has 1 aliphatic heterocycles. The van der Waals surface area contributed by atoms with Crippen LogP contribution in [0, 0.1) is 0 Å². The summed E-state index contributed by atoms with van der Waals surface area (Å²) in [4.78, 5) is 11.9. The zero-order valence-electron chi connectivity index (χ0n) is 12.8. The molecule has 2 atom stereocenters. The lowest BCUT2D eigenvalue weighted by Crippen LogP contribution is -2.41. The highest BCUT2D eigenvalue weighted by Crippen LogP contribution is 2.21.